The molecule has 0 aromatic carbocycles. The Kier molecular flexibility index (Phi) is 2.76. The summed E-state index contributed by atoms with van der Waals surface area (Å²) in [4.78, 5) is 10.7. The number of hydrogen-bond acceptors (Lipinski definition) is 6. The summed E-state index contributed by atoms with van der Waals surface area (Å²) in [6, 6.07) is 0. The van der Waals surface area contributed by atoms with Crippen LogP contribution in [0.5, 0.6) is 0 Å². The first-order valence-electron chi connectivity index (χ1n) is 3.42. The lowest BCUT2D eigenvalue weighted by Gasteiger charge is -2.32. The maximum Gasteiger partial charge on any atom is 0.219 e. The highest BCUT2D eigenvalue weighted by molar-refractivity contribution is 5.87. The first-order valence-corrected chi connectivity index (χ1v) is 3.42. The Labute approximate surface area is 68.0 Å². The minimum atomic E-state index is -1.76. The van der Waals surface area contributed by atoms with Crippen LogP contribution in [0.15, 0.2) is 0 Å². The Morgan fingerprint density at radius 2 is 1.92 bits per heavy atom. The van der Waals surface area contributed by atoms with E-state index >= 15 is 0 Å². The van der Waals surface area contributed by atoms with Gasteiger partial charge in [0, 0.05) is 0 Å². The monoisotopic (exact) mass is 178 g/mol. The van der Waals surface area contributed by atoms with E-state index in [1.54, 1.807) is 0 Å². The van der Waals surface area contributed by atoms with Gasteiger partial charge in [-0.05, 0) is 0 Å². The quantitative estimate of drug-likeness (QED) is 0.340. The van der Waals surface area contributed by atoms with E-state index in [0.717, 1.165) is 0 Å². The molecule has 1 aliphatic heterocycles. The zero-order valence-corrected chi connectivity index (χ0v) is 6.12. The number of rotatable bonds is 1. The largest absolute Gasteiger partial charge is 0.394 e. The first kappa shape index (κ1) is 9.56. The number of ether oxygens (including phenoxy) is 1. The molecule has 0 radical (unpaired) electrons. The minimum Gasteiger partial charge on any atom is -0.394 e. The number of hydrogen-bond donors (Lipinski definition) is 4. The third-order valence-electron chi connectivity index (χ3n) is 1.72. The summed E-state index contributed by atoms with van der Waals surface area (Å²) >= 11 is 0. The van der Waals surface area contributed by atoms with Crippen molar-refractivity contribution in [3.8, 4) is 0 Å². The molecule has 1 aliphatic rings. The Morgan fingerprint density at radius 1 is 1.33 bits per heavy atom. The number of carbonyl (C=O) groups excluding carboxylic acids is 1. The van der Waals surface area contributed by atoms with Gasteiger partial charge in [-0.3, -0.25) is 4.79 Å². The van der Waals surface area contributed by atoms with Crippen molar-refractivity contribution in [3.63, 3.8) is 0 Å². The van der Waals surface area contributed by atoms with E-state index in [1.807, 2.05) is 0 Å². The van der Waals surface area contributed by atoms with E-state index in [0.29, 0.717) is 0 Å². The molecule has 0 aliphatic carbocycles. The van der Waals surface area contributed by atoms with Crippen LogP contribution >= 0.6 is 0 Å². The Bertz CT molecular complexity index is 181. The molecule has 0 aromatic rings. The number of carbonyl (C=O) groups is 1. The second-order valence-electron chi connectivity index (χ2n) is 2.55. The van der Waals surface area contributed by atoms with Crippen molar-refractivity contribution >= 4 is 5.78 Å². The van der Waals surface area contributed by atoms with Crippen LogP contribution in [0.25, 0.3) is 0 Å². The zero-order chi connectivity index (χ0) is 9.30. The van der Waals surface area contributed by atoms with Crippen LogP contribution in [0.3, 0.4) is 0 Å². The van der Waals surface area contributed by atoms with Crippen LogP contribution in [0.2, 0.25) is 0 Å². The third-order valence-corrected chi connectivity index (χ3v) is 1.72. The van der Waals surface area contributed by atoms with E-state index in [2.05, 4.69) is 4.74 Å². The standard InChI is InChI=1S/C6H10O6/c7-1-2-3(8)4(9)5(10)6(11)12-2/h2-4,6-9,11H,1H2/t2-,3-,4+,6-/m1/s1. The Hall–Kier alpha value is -0.530. The van der Waals surface area contributed by atoms with Gasteiger partial charge in [0.2, 0.25) is 12.1 Å². The summed E-state index contributed by atoms with van der Waals surface area (Å²) in [5, 5.41) is 35.4. The van der Waals surface area contributed by atoms with Gasteiger partial charge >= 0.3 is 0 Å². The van der Waals surface area contributed by atoms with Crippen molar-refractivity contribution in [1.82, 2.24) is 0 Å². The van der Waals surface area contributed by atoms with Crippen molar-refractivity contribution in [1.29, 1.82) is 0 Å². The summed E-state index contributed by atoms with van der Waals surface area (Å²) in [6.45, 7) is -0.567. The predicted molar refractivity (Wildman–Crippen MR) is 35.0 cm³/mol. The number of aliphatic hydroxyl groups is 4. The average molecular weight is 178 g/mol. The molecular formula is C6H10O6. The molecule has 6 heteroatoms. The highest BCUT2D eigenvalue weighted by atomic mass is 16.6. The molecule has 4 N–H and O–H groups in total. The summed E-state index contributed by atoms with van der Waals surface area (Å²) in [7, 11) is 0. The van der Waals surface area contributed by atoms with E-state index < -0.39 is 37.0 Å². The molecule has 0 amide bonds. The molecular weight excluding hydrogens is 168 g/mol. The van der Waals surface area contributed by atoms with Crippen molar-refractivity contribution in [2.75, 3.05) is 6.61 Å². The lowest BCUT2D eigenvalue weighted by atomic mass is 10.0. The normalized spacial score (nSPS) is 43.2. The molecule has 0 spiro atoms. The van der Waals surface area contributed by atoms with Crippen LogP contribution in [0, 0.1) is 0 Å². The van der Waals surface area contributed by atoms with Gasteiger partial charge in [0.1, 0.15) is 18.3 Å². The Morgan fingerprint density at radius 3 is 2.42 bits per heavy atom. The van der Waals surface area contributed by atoms with Crippen molar-refractivity contribution in [2.24, 2.45) is 0 Å². The first-order chi connectivity index (χ1) is 5.57. The predicted octanol–water partition coefficient (Wildman–Crippen LogP) is -3.01. The SMILES string of the molecule is O=C1[C@H](O)O[C@H](CO)[C@@H](O)[C@@H]1O. The van der Waals surface area contributed by atoms with Gasteiger partial charge < -0.3 is 25.2 Å². The van der Waals surface area contributed by atoms with Gasteiger partial charge in [0.05, 0.1) is 6.61 Å². The smallest absolute Gasteiger partial charge is 0.219 e. The highest BCUT2D eigenvalue weighted by Crippen LogP contribution is 2.15. The minimum absolute atomic E-state index is 0.567. The molecule has 12 heavy (non-hydrogen) atoms. The van der Waals surface area contributed by atoms with Gasteiger partial charge in [0.25, 0.3) is 0 Å². The van der Waals surface area contributed by atoms with Gasteiger partial charge in [0.15, 0.2) is 0 Å². The third kappa shape index (κ3) is 1.47. The highest BCUT2D eigenvalue weighted by Gasteiger charge is 2.42. The lowest BCUT2D eigenvalue weighted by molar-refractivity contribution is -0.226. The fourth-order valence-corrected chi connectivity index (χ4v) is 0.982. The van der Waals surface area contributed by atoms with E-state index in [1.165, 1.54) is 0 Å². The van der Waals surface area contributed by atoms with Crippen molar-refractivity contribution < 1.29 is 30.0 Å². The average Bonchev–Trinajstić information content (AvgIpc) is 2.08. The second kappa shape index (κ2) is 3.46. The fraction of sp³-hybridized carbons (Fsp3) is 0.833. The molecule has 1 fully saturated rings. The second-order valence-corrected chi connectivity index (χ2v) is 2.55. The van der Waals surface area contributed by atoms with Gasteiger partial charge in [-0.25, -0.2) is 0 Å². The van der Waals surface area contributed by atoms with Gasteiger partial charge in [-0.15, -0.1) is 0 Å². The maximum atomic E-state index is 10.7. The van der Waals surface area contributed by atoms with Crippen LogP contribution in [-0.2, 0) is 9.53 Å². The van der Waals surface area contributed by atoms with Crippen LogP contribution in [0.1, 0.15) is 0 Å². The molecule has 0 aromatic heterocycles. The summed E-state index contributed by atoms with van der Waals surface area (Å²) in [5.74, 6) is -0.993. The molecule has 1 heterocycles. The topological polar surface area (TPSA) is 107 Å². The van der Waals surface area contributed by atoms with Gasteiger partial charge in [-0.2, -0.15) is 0 Å². The zero-order valence-electron chi connectivity index (χ0n) is 6.12. The van der Waals surface area contributed by atoms with Crippen LogP contribution in [0.4, 0.5) is 0 Å². The number of aliphatic hydroxyl groups excluding tert-OH is 4. The van der Waals surface area contributed by atoms with E-state index in [9.17, 15) is 4.79 Å². The van der Waals surface area contributed by atoms with Crippen LogP contribution in [-0.4, -0.2) is 57.4 Å². The maximum absolute atomic E-state index is 10.7. The molecule has 0 saturated carbocycles. The van der Waals surface area contributed by atoms with Crippen molar-refractivity contribution in [2.45, 2.75) is 24.6 Å². The molecule has 0 bridgehead atoms. The van der Waals surface area contributed by atoms with Crippen LogP contribution < -0.4 is 0 Å². The molecule has 70 valence electrons. The Balaban J connectivity index is 2.70. The van der Waals surface area contributed by atoms with E-state index in [-0.39, 0.29) is 0 Å². The number of Topliss-reactive ketones (excluding diaryl/α,β-unsaturated/α-hetero) is 1. The summed E-state index contributed by atoms with van der Waals surface area (Å²) < 4.78 is 4.48. The molecule has 4 atom stereocenters. The lowest BCUT2D eigenvalue weighted by Crippen LogP contribution is -2.56. The molecule has 1 rings (SSSR count). The summed E-state index contributed by atoms with van der Waals surface area (Å²) in [5.41, 5.74) is 0. The fourth-order valence-electron chi connectivity index (χ4n) is 0.982. The number of ketones is 1. The molecule has 6 nitrogen and oxygen atoms in total. The molecule has 1 saturated heterocycles. The van der Waals surface area contributed by atoms with Gasteiger partial charge in [-0.1, -0.05) is 0 Å². The molecule has 0 unspecified atom stereocenters. The summed E-state index contributed by atoms with van der Waals surface area (Å²) in [6.07, 6.45) is -6.05. The van der Waals surface area contributed by atoms with Crippen molar-refractivity contribution in [3.05, 3.63) is 0 Å². The van der Waals surface area contributed by atoms with E-state index in [4.69, 9.17) is 20.4 Å².